The summed E-state index contributed by atoms with van der Waals surface area (Å²) >= 11 is 0. The van der Waals surface area contributed by atoms with Crippen LogP contribution in [0.4, 0.5) is 4.39 Å². The second kappa shape index (κ2) is 4.67. The summed E-state index contributed by atoms with van der Waals surface area (Å²) in [5, 5.41) is 14.3. The number of benzene rings is 1. The van der Waals surface area contributed by atoms with E-state index in [1.807, 2.05) is 19.3 Å². The van der Waals surface area contributed by atoms with Crippen LogP contribution in [0, 0.1) is 12.7 Å². The molecule has 0 spiro atoms. The van der Waals surface area contributed by atoms with Gasteiger partial charge in [-0.15, -0.1) is 0 Å². The molecule has 90 valence electrons. The molecular formula is C13H15FN2O. The Bertz CT molecular complexity index is 522. The van der Waals surface area contributed by atoms with Gasteiger partial charge < -0.3 is 5.11 Å². The molecule has 1 aromatic carbocycles. The molecule has 2 rings (SSSR count). The van der Waals surface area contributed by atoms with E-state index in [9.17, 15) is 9.50 Å². The van der Waals surface area contributed by atoms with E-state index in [0.717, 1.165) is 16.8 Å². The zero-order valence-corrected chi connectivity index (χ0v) is 9.89. The summed E-state index contributed by atoms with van der Waals surface area (Å²) in [4.78, 5) is 0. The van der Waals surface area contributed by atoms with Gasteiger partial charge in [0.05, 0.1) is 11.8 Å². The molecule has 17 heavy (non-hydrogen) atoms. The van der Waals surface area contributed by atoms with Crippen LogP contribution in [0.15, 0.2) is 30.5 Å². The first-order valence-corrected chi connectivity index (χ1v) is 5.49. The third kappa shape index (κ3) is 2.71. The van der Waals surface area contributed by atoms with E-state index in [-0.39, 0.29) is 5.82 Å². The fraction of sp³-hybridized carbons (Fsp3) is 0.308. The lowest BCUT2D eigenvalue weighted by molar-refractivity contribution is 0.176. The van der Waals surface area contributed by atoms with E-state index in [0.29, 0.717) is 6.42 Å². The maximum Gasteiger partial charge on any atom is 0.123 e. The van der Waals surface area contributed by atoms with Crippen molar-refractivity contribution in [3.8, 4) is 0 Å². The smallest absolute Gasteiger partial charge is 0.123 e. The van der Waals surface area contributed by atoms with Gasteiger partial charge in [-0.3, -0.25) is 4.68 Å². The Hall–Kier alpha value is -1.68. The van der Waals surface area contributed by atoms with Crippen LogP contribution in [0.1, 0.15) is 22.9 Å². The molecule has 0 saturated heterocycles. The molecule has 0 bridgehead atoms. The van der Waals surface area contributed by atoms with E-state index < -0.39 is 6.10 Å². The van der Waals surface area contributed by atoms with E-state index in [1.54, 1.807) is 17.7 Å². The zero-order chi connectivity index (χ0) is 12.4. The summed E-state index contributed by atoms with van der Waals surface area (Å²) in [6.45, 7) is 1.79. The van der Waals surface area contributed by atoms with Crippen LogP contribution < -0.4 is 0 Å². The number of aryl methyl sites for hydroxylation is 2. The van der Waals surface area contributed by atoms with E-state index in [4.69, 9.17) is 0 Å². The highest BCUT2D eigenvalue weighted by atomic mass is 19.1. The topological polar surface area (TPSA) is 38.0 Å². The van der Waals surface area contributed by atoms with Gasteiger partial charge in [-0.2, -0.15) is 5.10 Å². The minimum atomic E-state index is -0.648. The van der Waals surface area contributed by atoms with Gasteiger partial charge in [0, 0.05) is 19.7 Å². The second-order valence-electron chi connectivity index (χ2n) is 4.20. The number of aliphatic hydroxyl groups excluding tert-OH is 1. The van der Waals surface area contributed by atoms with Crippen LogP contribution in [-0.2, 0) is 13.5 Å². The van der Waals surface area contributed by atoms with Crippen LogP contribution in [0.3, 0.4) is 0 Å². The van der Waals surface area contributed by atoms with Gasteiger partial charge in [0.15, 0.2) is 0 Å². The van der Waals surface area contributed by atoms with Crippen LogP contribution in [0.25, 0.3) is 0 Å². The monoisotopic (exact) mass is 234 g/mol. The third-order valence-electron chi connectivity index (χ3n) is 2.76. The molecule has 0 amide bonds. The Kier molecular flexibility index (Phi) is 3.24. The molecule has 1 aromatic heterocycles. The van der Waals surface area contributed by atoms with Crippen molar-refractivity contribution in [3.63, 3.8) is 0 Å². The molecule has 1 heterocycles. The fourth-order valence-electron chi connectivity index (χ4n) is 1.89. The highest BCUT2D eigenvalue weighted by molar-refractivity contribution is 5.29. The first kappa shape index (κ1) is 11.8. The van der Waals surface area contributed by atoms with Crippen LogP contribution >= 0.6 is 0 Å². The summed E-state index contributed by atoms with van der Waals surface area (Å²) < 4.78 is 14.6. The molecular weight excluding hydrogens is 219 g/mol. The fourth-order valence-corrected chi connectivity index (χ4v) is 1.89. The largest absolute Gasteiger partial charge is 0.388 e. The van der Waals surface area contributed by atoms with Gasteiger partial charge >= 0.3 is 0 Å². The SMILES string of the molecule is Cc1cc(F)ccc1C(O)Cc1ccn(C)n1. The highest BCUT2D eigenvalue weighted by Gasteiger charge is 2.13. The predicted molar refractivity (Wildman–Crippen MR) is 63.0 cm³/mol. The van der Waals surface area contributed by atoms with Crippen LogP contribution in [0.5, 0.6) is 0 Å². The summed E-state index contributed by atoms with van der Waals surface area (Å²) in [6.07, 6.45) is 1.62. The number of nitrogens with zero attached hydrogens (tertiary/aromatic N) is 2. The molecule has 0 radical (unpaired) electrons. The number of hydrogen-bond donors (Lipinski definition) is 1. The van der Waals surface area contributed by atoms with Gasteiger partial charge in [0.2, 0.25) is 0 Å². The Balaban J connectivity index is 2.17. The molecule has 0 aliphatic rings. The lowest BCUT2D eigenvalue weighted by atomic mass is 10.00. The number of rotatable bonds is 3. The minimum Gasteiger partial charge on any atom is -0.388 e. The molecule has 1 N–H and O–H groups in total. The quantitative estimate of drug-likeness (QED) is 0.883. The Morgan fingerprint density at radius 3 is 2.76 bits per heavy atom. The van der Waals surface area contributed by atoms with E-state index in [1.165, 1.54) is 12.1 Å². The molecule has 3 nitrogen and oxygen atoms in total. The summed E-state index contributed by atoms with van der Waals surface area (Å²) in [5.74, 6) is -0.281. The zero-order valence-electron chi connectivity index (χ0n) is 9.89. The van der Waals surface area contributed by atoms with E-state index in [2.05, 4.69) is 5.10 Å². The lowest BCUT2D eigenvalue weighted by Gasteiger charge is -2.12. The maximum absolute atomic E-state index is 12.9. The van der Waals surface area contributed by atoms with Gasteiger partial charge in [-0.25, -0.2) is 4.39 Å². The Morgan fingerprint density at radius 1 is 1.41 bits per heavy atom. The van der Waals surface area contributed by atoms with Crippen molar-refractivity contribution in [2.75, 3.05) is 0 Å². The van der Waals surface area contributed by atoms with Crippen molar-refractivity contribution in [2.24, 2.45) is 7.05 Å². The predicted octanol–water partition coefficient (Wildman–Crippen LogP) is 2.14. The molecule has 1 atom stereocenters. The van der Waals surface area contributed by atoms with Gasteiger partial charge in [-0.05, 0) is 36.2 Å². The molecule has 2 aromatic rings. The summed E-state index contributed by atoms with van der Waals surface area (Å²) in [5.41, 5.74) is 2.33. The summed E-state index contributed by atoms with van der Waals surface area (Å²) in [7, 11) is 1.83. The van der Waals surface area contributed by atoms with Crippen molar-refractivity contribution < 1.29 is 9.50 Å². The number of halogens is 1. The molecule has 1 unspecified atom stereocenters. The van der Waals surface area contributed by atoms with Crippen LogP contribution in [-0.4, -0.2) is 14.9 Å². The Labute approximate surface area is 99.5 Å². The number of hydrogen-bond acceptors (Lipinski definition) is 2. The average Bonchev–Trinajstić information content (AvgIpc) is 2.63. The number of aromatic nitrogens is 2. The summed E-state index contributed by atoms with van der Waals surface area (Å²) in [6, 6.07) is 6.28. The molecule has 0 saturated carbocycles. The Morgan fingerprint density at radius 2 is 2.18 bits per heavy atom. The van der Waals surface area contributed by atoms with Crippen molar-refractivity contribution >= 4 is 0 Å². The first-order chi connectivity index (χ1) is 8.06. The van der Waals surface area contributed by atoms with E-state index >= 15 is 0 Å². The first-order valence-electron chi connectivity index (χ1n) is 5.49. The molecule has 4 heteroatoms. The van der Waals surface area contributed by atoms with Crippen molar-refractivity contribution in [1.29, 1.82) is 0 Å². The second-order valence-corrected chi connectivity index (χ2v) is 4.20. The highest BCUT2D eigenvalue weighted by Crippen LogP contribution is 2.21. The number of aliphatic hydroxyl groups is 1. The minimum absolute atomic E-state index is 0.281. The van der Waals surface area contributed by atoms with Gasteiger partial charge in [0.25, 0.3) is 0 Å². The standard InChI is InChI=1S/C13H15FN2O/c1-9-7-10(14)3-4-12(9)13(17)8-11-5-6-16(2)15-11/h3-7,13,17H,8H2,1-2H3. The van der Waals surface area contributed by atoms with Gasteiger partial charge in [-0.1, -0.05) is 6.07 Å². The average molecular weight is 234 g/mol. The molecule has 0 aliphatic heterocycles. The molecule has 0 fully saturated rings. The van der Waals surface area contributed by atoms with Gasteiger partial charge in [0.1, 0.15) is 5.82 Å². The van der Waals surface area contributed by atoms with Crippen molar-refractivity contribution in [1.82, 2.24) is 9.78 Å². The lowest BCUT2D eigenvalue weighted by Crippen LogP contribution is -2.05. The normalized spacial score (nSPS) is 12.7. The maximum atomic E-state index is 12.9. The third-order valence-corrected chi connectivity index (χ3v) is 2.76. The van der Waals surface area contributed by atoms with Crippen LogP contribution in [0.2, 0.25) is 0 Å². The van der Waals surface area contributed by atoms with Crippen molar-refractivity contribution in [3.05, 3.63) is 53.1 Å². The van der Waals surface area contributed by atoms with Crippen molar-refractivity contribution in [2.45, 2.75) is 19.4 Å². The molecule has 0 aliphatic carbocycles.